The molecule has 4 nitrogen and oxygen atoms in total. The molecule has 0 radical (unpaired) electrons. The van der Waals surface area contributed by atoms with Gasteiger partial charge in [-0.25, -0.2) is 9.97 Å². The van der Waals surface area contributed by atoms with Crippen molar-refractivity contribution in [2.45, 2.75) is 19.3 Å². The van der Waals surface area contributed by atoms with E-state index in [-0.39, 0.29) is 0 Å². The van der Waals surface area contributed by atoms with Crippen LogP contribution in [-0.4, -0.2) is 39.6 Å². The second kappa shape index (κ2) is 5.82. The molecule has 1 aliphatic heterocycles. The number of rotatable bonds is 3. The zero-order valence-electron chi connectivity index (χ0n) is 12.8. The number of fused-ring (bicyclic) bond motifs is 1. The van der Waals surface area contributed by atoms with Crippen LogP contribution < -0.4 is 0 Å². The highest BCUT2D eigenvalue weighted by molar-refractivity contribution is 7.12. The molecule has 3 aromatic heterocycles. The van der Waals surface area contributed by atoms with Gasteiger partial charge in [-0.3, -0.25) is 4.57 Å². The molecule has 0 unspecified atom stereocenters. The average Bonchev–Trinajstić information content (AvgIpc) is 3.16. The molecule has 114 valence electrons. The number of likely N-dealkylation sites (tertiary alicyclic amines) is 1. The summed E-state index contributed by atoms with van der Waals surface area (Å²) in [6.07, 6.45) is 5.42. The van der Waals surface area contributed by atoms with Crippen LogP contribution in [0.5, 0.6) is 0 Å². The minimum absolute atomic E-state index is 0.728. The molecule has 1 aliphatic rings. The van der Waals surface area contributed by atoms with Crippen LogP contribution in [0, 0.1) is 5.92 Å². The highest BCUT2D eigenvalue weighted by Gasteiger charge is 2.21. The topological polar surface area (TPSA) is 34.0 Å². The van der Waals surface area contributed by atoms with Crippen molar-refractivity contribution >= 4 is 22.5 Å². The Hall–Kier alpha value is -1.72. The minimum atomic E-state index is 0.728. The fourth-order valence-corrected chi connectivity index (χ4v) is 4.00. The quantitative estimate of drug-likeness (QED) is 0.743. The summed E-state index contributed by atoms with van der Waals surface area (Å²) < 4.78 is 2.25. The summed E-state index contributed by atoms with van der Waals surface area (Å²) in [6, 6.07) is 8.27. The van der Waals surface area contributed by atoms with E-state index in [1.165, 1.54) is 30.9 Å². The number of aromatic nitrogens is 3. The standard InChI is InChI=1S/C17H20N4S/c1-20-9-6-13(7-10-20)12-15-19-14-4-2-8-18-17(14)21(15)16-5-3-11-22-16/h2-5,8,11,13H,6-7,9-10,12H2,1H3. The Kier molecular flexibility index (Phi) is 3.68. The van der Waals surface area contributed by atoms with Gasteiger partial charge in [0.2, 0.25) is 0 Å². The van der Waals surface area contributed by atoms with Crippen molar-refractivity contribution in [2.24, 2.45) is 5.92 Å². The van der Waals surface area contributed by atoms with Gasteiger partial charge >= 0.3 is 0 Å². The number of nitrogens with zero attached hydrogens (tertiary/aromatic N) is 4. The largest absolute Gasteiger partial charge is 0.306 e. The third kappa shape index (κ3) is 2.55. The number of pyridine rings is 1. The smallest absolute Gasteiger partial charge is 0.165 e. The van der Waals surface area contributed by atoms with Crippen LogP contribution in [-0.2, 0) is 6.42 Å². The molecule has 0 spiro atoms. The van der Waals surface area contributed by atoms with Gasteiger partial charge in [0.05, 0.1) is 0 Å². The third-order valence-corrected chi connectivity index (χ3v) is 5.37. The lowest BCUT2D eigenvalue weighted by Gasteiger charge is -2.28. The van der Waals surface area contributed by atoms with Crippen LogP contribution in [0.1, 0.15) is 18.7 Å². The maximum absolute atomic E-state index is 4.88. The summed E-state index contributed by atoms with van der Waals surface area (Å²) in [6.45, 7) is 2.39. The second-order valence-corrected chi connectivity index (χ2v) is 7.04. The molecule has 3 aromatic rings. The van der Waals surface area contributed by atoms with Gasteiger partial charge in [-0.1, -0.05) is 0 Å². The van der Waals surface area contributed by atoms with E-state index in [2.05, 4.69) is 45.1 Å². The zero-order valence-corrected chi connectivity index (χ0v) is 13.6. The van der Waals surface area contributed by atoms with E-state index in [1.807, 2.05) is 12.3 Å². The Morgan fingerprint density at radius 2 is 2.09 bits per heavy atom. The highest BCUT2D eigenvalue weighted by Crippen LogP contribution is 2.27. The molecule has 0 bridgehead atoms. The van der Waals surface area contributed by atoms with E-state index in [0.29, 0.717) is 0 Å². The van der Waals surface area contributed by atoms with E-state index >= 15 is 0 Å². The first-order valence-electron chi connectivity index (χ1n) is 7.86. The average molecular weight is 312 g/mol. The molecule has 1 saturated heterocycles. The molecule has 0 N–H and O–H groups in total. The summed E-state index contributed by atoms with van der Waals surface area (Å²) >= 11 is 1.75. The fraction of sp³-hybridized carbons (Fsp3) is 0.412. The Morgan fingerprint density at radius 3 is 2.86 bits per heavy atom. The van der Waals surface area contributed by atoms with E-state index in [9.17, 15) is 0 Å². The Labute approximate surface area is 134 Å². The van der Waals surface area contributed by atoms with Gasteiger partial charge in [-0.2, -0.15) is 0 Å². The van der Waals surface area contributed by atoms with Crippen molar-refractivity contribution in [2.75, 3.05) is 20.1 Å². The number of imidazole rings is 1. The highest BCUT2D eigenvalue weighted by atomic mass is 32.1. The van der Waals surface area contributed by atoms with Gasteiger partial charge in [0.25, 0.3) is 0 Å². The molecular weight excluding hydrogens is 292 g/mol. The molecule has 1 fully saturated rings. The van der Waals surface area contributed by atoms with E-state index in [4.69, 9.17) is 4.98 Å². The molecule has 5 heteroatoms. The number of hydrogen-bond acceptors (Lipinski definition) is 4. The number of thiophene rings is 1. The predicted molar refractivity (Wildman–Crippen MR) is 90.7 cm³/mol. The van der Waals surface area contributed by atoms with Gasteiger partial charge in [0.15, 0.2) is 5.65 Å². The molecule has 0 amide bonds. The summed E-state index contributed by atoms with van der Waals surface area (Å²) in [5.74, 6) is 1.89. The third-order valence-electron chi connectivity index (χ3n) is 4.52. The van der Waals surface area contributed by atoms with Crippen LogP contribution in [0.2, 0.25) is 0 Å². The molecule has 0 saturated carbocycles. The first-order chi connectivity index (χ1) is 10.8. The summed E-state index contributed by atoms with van der Waals surface area (Å²) in [4.78, 5) is 11.9. The van der Waals surface area contributed by atoms with Crippen molar-refractivity contribution in [3.05, 3.63) is 41.7 Å². The SMILES string of the molecule is CN1CCC(Cc2nc3cccnc3n2-c2cccs2)CC1. The minimum Gasteiger partial charge on any atom is -0.306 e. The molecule has 0 aliphatic carbocycles. The second-order valence-electron chi connectivity index (χ2n) is 6.11. The van der Waals surface area contributed by atoms with Crippen molar-refractivity contribution in [3.63, 3.8) is 0 Å². The van der Waals surface area contributed by atoms with E-state index < -0.39 is 0 Å². The van der Waals surface area contributed by atoms with Crippen LogP contribution >= 0.6 is 11.3 Å². The van der Waals surface area contributed by atoms with Gasteiger partial charge in [-0.15, -0.1) is 11.3 Å². The first kappa shape index (κ1) is 13.9. The van der Waals surface area contributed by atoms with Gasteiger partial charge in [0, 0.05) is 12.6 Å². The molecule has 0 atom stereocenters. The number of hydrogen-bond donors (Lipinski definition) is 0. The van der Waals surface area contributed by atoms with Crippen molar-refractivity contribution in [1.29, 1.82) is 0 Å². The summed E-state index contributed by atoms with van der Waals surface area (Å²) in [5, 5.41) is 3.33. The monoisotopic (exact) mass is 312 g/mol. The van der Waals surface area contributed by atoms with E-state index in [1.54, 1.807) is 11.3 Å². The molecule has 4 heterocycles. The lowest BCUT2D eigenvalue weighted by molar-refractivity contribution is 0.217. The Bertz CT molecular complexity index is 754. The summed E-state index contributed by atoms with van der Waals surface area (Å²) in [5.41, 5.74) is 1.98. The van der Waals surface area contributed by atoms with Crippen molar-refractivity contribution < 1.29 is 0 Å². The summed E-state index contributed by atoms with van der Waals surface area (Å²) in [7, 11) is 2.21. The van der Waals surface area contributed by atoms with Gasteiger partial charge in [0.1, 0.15) is 16.3 Å². The van der Waals surface area contributed by atoms with Crippen LogP contribution in [0.25, 0.3) is 16.2 Å². The molecule has 0 aromatic carbocycles. The Balaban J connectivity index is 1.72. The van der Waals surface area contributed by atoms with Crippen LogP contribution in [0.15, 0.2) is 35.8 Å². The fourth-order valence-electron chi connectivity index (χ4n) is 3.25. The van der Waals surface area contributed by atoms with Gasteiger partial charge < -0.3 is 4.90 Å². The molecular formula is C17H20N4S. The first-order valence-corrected chi connectivity index (χ1v) is 8.74. The van der Waals surface area contributed by atoms with Crippen LogP contribution in [0.3, 0.4) is 0 Å². The lowest BCUT2D eigenvalue weighted by atomic mass is 9.93. The van der Waals surface area contributed by atoms with Crippen molar-refractivity contribution in [3.8, 4) is 5.00 Å². The normalized spacial score (nSPS) is 17.3. The molecule has 22 heavy (non-hydrogen) atoms. The Morgan fingerprint density at radius 1 is 1.23 bits per heavy atom. The maximum atomic E-state index is 4.88. The maximum Gasteiger partial charge on any atom is 0.165 e. The lowest BCUT2D eigenvalue weighted by Crippen LogP contribution is -2.31. The van der Waals surface area contributed by atoms with Crippen LogP contribution in [0.4, 0.5) is 0 Å². The van der Waals surface area contributed by atoms with Gasteiger partial charge in [-0.05, 0) is 68.5 Å². The van der Waals surface area contributed by atoms with E-state index in [0.717, 1.165) is 29.3 Å². The molecule has 4 rings (SSSR count). The van der Waals surface area contributed by atoms with Crippen molar-refractivity contribution in [1.82, 2.24) is 19.4 Å². The predicted octanol–water partition coefficient (Wildman–Crippen LogP) is 3.37. The number of piperidine rings is 1. The zero-order chi connectivity index (χ0) is 14.9.